The van der Waals surface area contributed by atoms with Gasteiger partial charge in [0, 0.05) is 6.07 Å². The molecular weight excluding hydrogens is 316 g/mol. The van der Waals surface area contributed by atoms with Gasteiger partial charge in [-0.05, 0) is 41.7 Å². The first-order valence-corrected chi connectivity index (χ1v) is 8.49. The first-order valence-electron chi connectivity index (χ1n) is 8.49. The molecular formula is C21H26O4. The monoisotopic (exact) mass is 342 g/mol. The minimum atomic E-state index is 0.166. The molecule has 0 saturated heterocycles. The van der Waals surface area contributed by atoms with E-state index in [9.17, 15) is 4.79 Å². The lowest BCUT2D eigenvalue weighted by molar-refractivity contribution is 0.111. The van der Waals surface area contributed by atoms with Crippen molar-refractivity contribution in [2.24, 2.45) is 0 Å². The lowest BCUT2D eigenvalue weighted by Gasteiger charge is -2.23. The number of methoxy groups -OCH3 is 1. The maximum absolute atomic E-state index is 11.1. The molecule has 0 N–H and O–H groups in total. The molecule has 0 fully saturated rings. The van der Waals surface area contributed by atoms with Gasteiger partial charge in [-0.3, -0.25) is 4.79 Å². The van der Waals surface area contributed by atoms with Crippen LogP contribution in [0, 0.1) is 0 Å². The molecule has 0 radical (unpaired) electrons. The summed E-state index contributed by atoms with van der Waals surface area (Å²) in [6.07, 6.45) is 1.85. The smallest absolute Gasteiger partial charge is 0.153 e. The van der Waals surface area contributed by atoms with Crippen molar-refractivity contribution >= 4 is 6.29 Å². The number of rotatable bonds is 9. The van der Waals surface area contributed by atoms with E-state index < -0.39 is 0 Å². The fourth-order valence-corrected chi connectivity index (χ4v) is 2.38. The molecule has 25 heavy (non-hydrogen) atoms. The summed E-state index contributed by atoms with van der Waals surface area (Å²) in [4.78, 5) is 11.1. The van der Waals surface area contributed by atoms with E-state index in [-0.39, 0.29) is 5.41 Å². The molecule has 0 heterocycles. The molecule has 0 aliphatic carbocycles. The van der Waals surface area contributed by atoms with Gasteiger partial charge in [0.15, 0.2) is 6.29 Å². The number of carbonyl (C=O) groups is 1. The summed E-state index contributed by atoms with van der Waals surface area (Å²) in [5.74, 6) is 1.95. The molecule has 0 aliphatic rings. The van der Waals surface area contributed by atoms with Crippen LogP contribution in [-0.4, -0.2) is 26.6 Å². The highest BCUT2D eigenvalue weighted by atomic mass is 16.5. The first-order chi connectivity index (χ1) is 12.0. The summed E-state index contributed by atoms with van der Waals surface area (Å²) in [7, 11) is 1.58. The normalized spacial score (nSPS) is 11.0. The van der Waals surface area contributed by atoms with Crippen LogP contribution in [0.3, 0.4) is 0 Å². The van der Waals surface area contributed by atoms with Crippen LogP contribution in [0.5, 0.6) is 17.2 Å². The number of aldehydes is 1. The number of ether oxygens (including phenoxy) is 3. The fraction of sp³-hybridized carbons (Fsp3) is 0.381. The Morgan fingerprint density at radius 3 is 2.20 bits per heavy atom. The average molecular weight is 342 g/mol. The van der Waals surface area contributed by atoms with Crippen LogP contribution < -0.4 is 14.2 Å². The summed E-state index contributed by atoms with van der Waals surface area (Å²) in [6, 6.07) is 13.3. The standard InChI is InChI=1S/C21H26O4/c1-5-21(2,3)17-7-10-18(11-8-17)24-12-13-25-20-14-19(23-4)9-6-16(20)15-22/h6-11,14-15H,5,12-13H2,1-4H3. The Hall–Kier alpha value is -2.49. The van der Waals surface area contributed by atoms with Gasteiger partial charge in [0.2, 0.25) is 0 Å². The Morgan fingerprint density at radius 2 is 1.60 bits per heavy atom. The second-order valence-electron chi connectivity index (χ2n) is 6.48. The highest BCUT2D eigenvalue weighted by molar-refractivity contribution is 5.79. The number of benzene rings is 2. The van der Waals surface area contributed by atoms with Gasteiger partial charge in [0.05, 0.1) is 12.7 Å². The topological polar surface area (TPSA) is 44.8 Å². The van der Waals surface area contributed by atoms with Crippen molar-refractivity contribution in [3.05, 3.63) is 53.6 Å². The zero-order valence-corrected chi connectivity index (χ0v) is 15.4. The molecule has 0 aromatic heterocycles. The fourth-order valence-electron chi connectivity index (χ4n) is 2.38. The van der Waals surface area contributed by atoms with E-state index in [1.165, 1.54) is 5.56 Å². The third kappa shape index (κ3) is 4.99. The van der Waals surface area contributed by atoms with Gasteiger partial charge in [-0.1, -0.05) is 32.9 Å². The van der Waals surface area contributed by atoms with Crippen molar-refractivity contribution in [2.45, 2.75) is 32.6 Å². The van der Waals surface area contributed by atoms with Crippen LogP contribution in [0.2, 0.25) is 0 Å². The molecule has 134 valence electrons. The number of hydrogen-bond acceptors (Lipinski definition) is 4. The minimum Gasteiger partial charge on any atom is -0.497 e. The van der Waals surface area contributed by atoms with Crippen LogP contribution in [0.25, 0.3) is 0 Å². The Kier molecular flexibility index (Phi) is 6.45. The quantitative estimate of drug-likeness (QED) is 0.491. The Balaban J connectivity index is 1.88. The van der Waals surface area contributed by atoms with Gasteiger partial charge in [0.1, 0.15) is 30.5 Å². The van der Waals surface area contributed by atoms with Crippen LogP contribution >= 0.6 is 0 Å². The molecule has 2 rings (SSSR count). The average Bonchev–Trinajstić information content (AvgIpc) is 2.65. The van der Waals surface area contributed by atoms with Gasteiger partial charge >= 0.3 is 0 Å². The van der Waals surface area contributed by atoms with Crippen LogP contribution in [-0.2, 0) is 5.41 Å². The molecule has 4 heteroatoms. The van der Waals surface area contributed by atoms with Crippen molar-refractivity contribution in [3.63, 3.8) is 0 Å². The molecule has 0 aliphatic heterocycles. The second kappa shape index (κ2) is 8.56. The van der Waals surface area contributed by atoms with Crippen LogP contribution in [0.15, 0.2) is 42.5 Å². The van der Waals surface area contributed by atoms with E-state index >= 15 is 0 Å². The zero-order valence-electron chi connectivity index (χ0n) is 15.4. The molecule has 4 nitrogen and oxygen atoms in total. The van der Waals surface area contributed by atoms with E-state index in [2.05, 4.69) is 32.9 Å². The predicted octanol–water partition coefficient (Wildman–Crippen LogP) is 4.65. The van der Waals surface area contributed by atoms with E-state index in [1.54, 1.807) is 25.3 Å². The van der Waals surface area contributed by atoms with Crippen molar-refractivity contribution in [2.75, 3.05) is 20.3 Å². The maximum atomic E-state index is 11.1. The van der Waals surface area contributed by atoms with Crippen molar-refractivity contribution < 1.29 is 19.0 Å². The summed E-state index contributed by atoms with van der Waals surface area (Å²) in [6.45, 7) is 7.39. The van der Waals surface area contributed by atoms with Gasteiger partial charge < -0.3 is 14.2 Å². The molecule has 0 bridgehead atoms. The number of carbonyl (C=O) groups excluding carboxylic acids is 1. The Bertz CT molecular complexity index is 690. The first kappa shape index (κ1) is 18.8. The molecule has 2 aromatic rings. The molecule has 0 amide bonds. The third-order valence-electron chi connectivity index (χ3n) is 4.48. The SMILES string of the molecule is CCC(C)(C)c1ccc(OCCOc2cc(OC)ccc2C=O)cc1. The summed E-state index contributed by atoms with van der Waals surface area (Å²) in [5.41, 5.74) is 1.96. The van der Waals surface area contributed by atoms with Gasteiger partial charge in [-0.25, -0.2) is 0 Å². The molecule has 0 spiro atoms. The second-order valence-corrected chi connectivity index (χ2v) is 6.48. The lowest BCUT2D eigenvalue weighted by Crippen LogP contribution is -2.15. The molecule has 0 saturated carbocycles. The number of hydrogen-bond donors (Lipinski definition) is 0. The summed E-state index contributed by atoms with van der Waals surface area (Å²) in [5, 5.41) is 0. The zero-order chi connectivity index (χ0) is 18.3. The molecule has 0 atom stereocenters. The predicted molar refractivity (Wildman–Crippen MR) is 99.1 cm³/mol. The van der Waals surface area contributed by atoms with E-state index in [0.29, 0.717) is 30.3 Å². The van der Waals surface area contributed by atoms with E-state index in [4.69, 9.17) is 14.2 Å². The third-order valence-corrected chi connectivity index (χ3v) is 4.48. The molecule has 0 unspecified atom stereocenters. The van der Waals surface area contributed by atoms with Crippen LogP contribution in [0.1, 0.15) is 43.1 Å². The Labute approximate surface area is 149 Å². The highest BCUT2D eigenvalue weighted by Gasteiger charge is 2.17. The largest absolute Gasteiger partial charge is 0.497 e. The van der Waals surface area contributed by atoms with Gasteiger partial charge in [-0.15, -0.1) is 0 Å². The van der Waals surface area contributed by atoms with Crippen molar-refractivity contribution in [3.8, 4) is 17.2 Å². The van der Waals surface area contributed by atoms with Crippen LogP contribution in [0.4, 0.5) is 0 Å². The maximum Gasteiger partial charge on any atom is 0.153 e. The highest BCUT2D eigenvalue weighted by Crippen LogP contribution is 2.28. The minimum absolute atomic E-state index is 0.166. The van der Waals surface area contributed by atoms with Gasteiger partial charge in [-0.2, -0.15) is 0 Å². The van der Waals surface area contributed by atoms with E-state index in [1.807, 2.05) is 12.1 Å². The van der Waals surface area contributed by atoms with E-state index in [0.717, 1.165) is 18.5 Å². The van der Waals surface area contributed by atoms with Gasteiger partial charge in [0.25, 0.3) is 0 Å². The summed E-state index contributed by atoms with van der Waals surface area (Å²) >= 11 is 0. The van der Waals surface area contributed by atoms with Crippen molar-refractivity contribution in [1.82, 2.24) is 0 Å². The lowest BCUT2D eigenvalue weighted by atomic mass is 9.82. The molecule has 2 aromatic carbocycles. The Morgan fingerprint density at radius 1 is 0.960 bits per heavy atom. The summed E-state index contributed by atoms with van der Waals surface area (Å²) < 4.78 is 16.5. The van der Waals surface area contributed by atoms with Crippen molar-refractivity contribution in [1.29, 1.82) is 0 Å².